The van der Waals surface area contributed by atoms with E-state index in [1.54, 1.807) is 0 Å². The van der Waals surface area contributed by atoms with E-state index in [1.807, 2.05) is 13.8 Å². The maximum atomic E-state index is 11.2. The molecule has 1 aromatic rings. The van der Waals surface area contributed by atoms with E-state index in [0.717, 1.165) is 0 Å². The summed E-state index contributed by atoms with van der Waals surface area (Å²) in [6.45, 7) is 4.00. The second-order valence-electron chi connectivity index (χ2n) is 2.88. The summed E-state index contributed by atoms with van der Waals surface area (Å²) in [6.07, 6.45) is 1.98. The third-order valence-electron chi connectivity index (χ3n) is 1.29. The van der Waals surface area contributed by atoms with Gasteiger partial charge >= 0.3 is 0 Å². The number of rotatable bonds is 3. The number of H-pyrrole nitrogens is 1. The van der Waals surface area contributed by atoms with Crippen LogP contribution in [0.25, 0.3) is 0 Å². The van der Waals surface area contributed by atoms with Crippen LogP contribution in [0.15, 0.2) is 6.20 Å². The topological polar surface area (TPSA) is 58.6 Å². The van der Waals surface area contributed by atoms with Gasteiger partial charge in [-0.25, -0.2) is 0 Å². The smallest absolute Gasteiger partial charge is 0.184 e. The Labute approximate surface area is 65.0 Å². The fourth-order valence-electron chi connectivity index (χ4n) is 0.811. The molecule has 60 valence electrons. The van der Waals surface area contributed by atoms with Crippen molar-refractivity contribution in [2.45, 2.75) is 20.3 Å². The van der Waals surface area contributed by atoms with Crippen LogP contribution < -0.4 is 0 Å². The molecule has 11 heavy (non-hydrogen) atoms. The largest absolute Gasteiger partial charge is 0.292 e. The Morgan fingerprint density at radius 2 is 2.45 bits per heavy atom. The van der Waals surface area contributed by atoms with Gasteiger partial charge in [-0.15, -0.1) is 0 Å². The van der Waals surface area contributed by atoms with Crippen LogP contribution in [0.3, 0.4) is 0 Å². The van der Waals surface area contributed by atoms with Gasteiger partial charge in [-0.1, -0.05) is 13.8 Å². The maximum absolute atomic E-state index is 11.2. The van der Waals surface area contributed by atoms with Crippen LogP contribution in [0.1, 0.15) is 30.8 Å². The molecule has 0 saturated heterocycles. The quantitative estimate of drug-likeness (QED) is 0.660. The molecule has 4 heteroatoms. The number of aromatic amines is 1. The highest BCUT2D eigenvalue weighted by molar-refractivity contribution is 5.93. The van der Waals surface area contributed by atoms with Gasteiger partial charge in [0, 0.05) is 6.42 Å². The predicted molar refractivity (Wildman–Crippen MR) is 40.2 cm³/mol. The van der Waals surface area contributed by atoms with Gasteiger partial charge in [-0.3, -0.25) is 4.79 Å². The summed E-state index contributed by atoms with van der Waals surface area (Å²) in [6, 6.07) is 0. The molecule has 0 aliphatic rings. The third-order valence-corrected chi connectivity index (χ3v) is 1.29. The Balaban J connectivity index is 2.57. The van der Waals surface area contributed by atoms with Crippen LogP contribution in [0.2, 0.25) is 0 Å². The average Bonchev–Trinajstić information content (AvgIpc) is 2.35. The van der Waals surface area contributed by atoms with Crippen LogP contribution in [-0.4, -0.2) is 21.2 Å². The van der Waals surface area contributed by atoms with Gasteiger partial charge in [0.15, 0.2) is 5.78 Å². The highest BCUT2D eigenvalue weighted by Gasteiger charge is 2.09. The molecule has 0 aliphatic carbocycles. The van der Waals surface area contributed by atoms with Crippen LogP contribution in [-0.2, 0) is 0 Å². The summed E-state index contributed by atoms with van der Waals surface area (Å²) >= 11 is 0. The molecule has 1 N–H and O–H groups in total. The van der Waals surface area contributed by atoms with Crippen molar-refractivity contribution in [2.24, 2.45) is 5.92 Å². The van der Waals surface area contributed by atoms with Crippen LogP contribution in [0.5, 0.6) is 0 Å². The molecule has 0 bridgehead atoms. The minimum atomic E-state index is 0.0498. The number of nitrogens with zero attached hydrogens (tertiary/aromatic N) is 2. The average molecular weight is 153 g/mol. The fourth-order valence-corrected chi connectivity index (χ4v) is 0.811. The zero-order valence-corrected chi connectivity index (χ0v) is 6.66. The van der Waals surface area contributed by atoms with Crippen molar-refractivity contribution in [3.63, 3.8) is 0 Å². The van der Waals surface area contributed by atoms with Crippen LogP contribution in [0, 0.1) is 5.92 Å². The summed E-state index contributed by atoms with van der Waals surface area (Å²) in [4.78, 5) is 11.2. The molecule has 0 amide bonds. The number of carbonyl (C=O) groups is 1. The van der Waals surface area contributed by atoms with Gasteiger partial charge in [-0.2, -0.15) is 15.4 Å². The van der Waals surface area contributed by atoms with Crippen molar-refractivity contribution in [1.29, 1.82) is 0 Å². The Hall–Kier alpha value is -1.19. The number of Topliss-reactive ketones (excluding diaryl/α,β-unsaturated/α-hetero) is 1. The van der Waals surface area contributed by atoms with Crippen molar-refractivity contribution in [3.05, 3.63) is 11.9 Å². The molecule has 0 atom stereocenters. The molecule has 0 spiro atoms. The highest BCUT2D eigenvalue weighted by Crippen LogP contribution is 2.04. The molecule has 4 nitrogen and oxygen atoms in total. The molecule has 1 rings (SSSR count). The van der Waals surface area contributed by atoms with E-state index in [1.165, 1.54) is 6.20 Å². The first-order chi connectivity index (χ1) is 5.20. The van der Waals surface area contributed by atoms with Crippen molar-refractivity contribution < 1.29 is 4.79 Å². The molecule has 1 aromatic heterocycles. The van der Waals surface area contributed by atoms with Gasteiger partial charge < -0.3 is 0 Å². The minimum Gasteiger partial charge on any atom is -0.292 e. The summed E-state index contributed by atoms with van der Waals surface area (Å²) in [7, 11) is 0. The Bertz CT molecular complexity index is 228. The van der Waals surface area contributed by atoms with Gasteiger partial charge in [0.25, 0.3) is 0 Å². The molecular weight excluding hydrogens is 142 g/mol. The SMILES string of the molecule is CC(C)CC(=O)c1cn[nH]n1. The molecule has 0 unspecified atom stereocenters. The molecule has 0 saturated carbocycles. The second-order valence-corrected chi connectivity index (χ2v) is 2.88. The summed E-state index contributed by atoms with van der Waals surface area (Å²) in [5, 5.41) is 9.64. The maximum Gasteiger partial charge on any atom is 0.184 e. The van der Waals surface area contributed by atoms with E-state index in [0.29, 0.717) is 18.0 Å². The Kier molecular flexibility index (Phi) is 2.36. The standard InChI is InChI=1S/C7H11N3O/c1-5(2)3-7(11)6-4-8-10-9-6/h4-5H,3H2,1-2H3,(H,8,9,10). The lowest BCUT2D eigenvalue weighted by molar-refractivity contribution is 0.0963. The van der Waals surface area contributed by atoms with Gasteiger partial charge in [-0.05, 0) is 5.92 Å². The number of hydrogen-bond acceptors (Lipinski definition) is 3. The van der Waals surface area contributed by atoms with Gasteiger partial charge in [0.1, 0.15) is 5.69 Å². The first-order valence-corrected chi connectivity index (χ1v) is 3.59. The van der Waals surface area contributed by atoms with E-state index < -0.39 is 0 Å². The van der Waals surface area contributed by atoms with E-state index in [9.17, 15) is 4.79 Å². The Morgan fingerprint density at radius 3 is 2.91 bits per heavy atom. The number of ketones is 1. The first kappa shape index (κ1) is 7.91. The number of aromatic nitrogens is 3. The number of carbonyl (C=O) groups excluding carboxylic acids is 1. The van der Waals surface area contributed by atoms with Gasteiger partial charge in [0.05, 0.1) is 6.20 Å². The number of nitrogens with one attached hydrogen (secondary N) is 1. The van der Waals surface area contributed by atoms with Crippen molar-refractivity contribution in [3.8, 4) is 0 Å². The molecule has 0 aliphatic heterocycles. The molecular formula is C7H11N3O. The van der Waals surface area contributed by atoms with E-state index in [-0.39, 0.29) is 5.78 Å². The third kappa shape index (κ3) is 2.14. The molecule has 0 aromatic carbocycles. The normalized spacial score (nSPS) is 10.5. The van der Waals surface area contributed by atoms with E-state index in [2.05, 4.69) is 15.4 Å². The second kappa shape index (κ2) is 3.27. The van der Waals surface area contributed by atoms with Crippen molar-refractivity contribution >= 4 is 5.78 Å². The lowest BCUT2D eigenvalue weighted by Crippen LogP contribution is -2.03. The zero-order chi connectivity index (χ0) is 8.27. The number of hydrogen-bond donors (Lipinski definition) is 1. The molecule has 0 fully saturated rings. The summed E-state index contributed by atoms with van der Waals surface area (Å²) in [5.74, 6) is 0.424. The lowest BCUT2D eigenvalue weighted by Gasteiger charge is -1.98. The monoisotopic (exact) mass is 153 g/mol. The minimum absolute atomic E-state index is 0.0498. The van der Waals surface area contributed by atoms with E-state index in [4.69, 9.17) is 0 Å². The lowest BCUT2D eigenvalue weighted by atomic mass is 10.1. The summed E-state index contributed by atoms with van der Waals surface area (Å²) < 4.78 is 0. The predicted octanol–water partition coefficient (Wildman–Crippen LogP) is 1.03. The summed E-state index contributed by atoms with van der Waals surface area (Å²) in [5.41, 5.74) is 0.429. The van der Waals surface area contributed by atoms with Crippen LogP contribution >= 0.6 is 0 Å². The first-order valence-electron chi connectivity index (χ1n) is 3.59. The van der Waals surface area contributed by atoms with Crippen molar-refractivity contribution in [2.75, 3.05) is 0 Å². The Morgan fingerprint density at radius 1 is 1.73 bits per heavy atom. The van der Waals surface area contributed by atoms with E-state index >= 15 is 0 Å². The van der Waals surface area contributed by atoms with Gasteiger partial charge in [0.2, 0.25) is 0 Å². The van der Waals surface area contributed by atoms with Crippen LogP contribution in [0.4, 0.5) is 0 Å². The zero-order valence-electron chi connectivity index (χ0n) is 6.66. The molecule has 1 heterocycles. The van der Waals surface area contributed by atoms with Crippen molar-refractivity contribution in [1.82, 2.24) is 15.4 Å². The fraction of sp³-hybridized carbons (Fsp3) is 0.571. The molecule has 0 radical (unpaired) electrons. The highest BCUT2D eigenvalue weighted by atomic mass is 16.1.